The molecule has 0 spiro atoms. The molecular formula is C11H15N3S. The van der Waals surface area contributed by atoms with Gasteiger partial charge in [-0.3, -0.25) is 4.68 Å². The van der Waals surface area contributed by atoms with Crippen molar-refractivity contribution in [3.63, 3.8) is 0 Å². The Kier molecular flexibility index (Phi) is 2.88. The van der Waals surface area contributed by atoms with E-state index in [0.717, 1.165) is 5.56 Å². The number of aromatic nitrogens is 2. The van der Waals surface area contributed by atoms with Gasteiger partial charge in [0.05, 0.1) is 12.2 Å². The molecular weight excluding hydrogens is 206 g/mol. The maximum absolute atomic E-state index is 6.01. The van der Waals surface area contributed by atoms with Crippen LogP contribution in [0.5, 0.6) is 0 Å². The van der Waals surface area contributed by atoms with Crippen LogP contribution in [0.1, 0.15) is 24.1 Å². The fraction of sp³-hybridized carbons (Fsp3) is 0.364. The van der Waals surface area contributed by atoms with E-state index in [-0.39, 0.29) is 12.1 Å². The van der Waals surface area contributed by atoms with Crippen molar-refractivity contribution >= 4 is 11.3 Å². The number of hydrogen-bond donors (Lipinski definition) is 1. The third-order valence-electron chi connectivity index (χ3n) is 2.40. The molecule has 0 aliphatic heterocycles. The second-order valence-corrected chi connectivity index (χ2v) is 4.64. The van der Waals surface area contributed by atoms with Gasteiger partial charge in [0.15, 0.2) is 0 Å². The zero-order chi connectivity index (χ0) is 10.8. The lowest BCUT2D eigenvalue weighted by atomic mass is 10.1. The van der Waals surface area contributed by atoms with Crippen molar-refractivity contribution in [1.82, 2.24) is 9.78 Å². The maximum Gasteiger partial charge on any atom is 0.0924 e. The Labute approximate surface area is 93.5 Å². The SMILES string of the molecule is Cc1cnn(C(c2ccsc2)C(C)N)c1. The van der Waals surface area contributed by atoms with Crippen LogP contribution in [0, 0.1) is 6.92 Å². The lowest BCUT2D eigenvalue weighted by Crippen LogP contribution is -2.30. The Balaban J connectivity index is 2.36. The maximum atomic E-state index is 6.01. The molecule has 0 amide bonds. The largest absolute Gasteiger partial charge is 0.326 e. The van der Waals surface area contributed by atoms with E-state index >= 15 is 0 Å². The van der Waals surface area contributed by atoms with Crippen LogP contribution >= 0.6 is 11.3 Å². The number of nitrogens with two attached hydrogens (primary N) is 1. The van der Waals surface area contributed by atoms with E-state index in [2.05, 4.69) is 21.9 Å². The van der Waals surface area contributed by atoms with Crippen LogP contribution < -0.4 is 5.73 Å². The minimum absolute atomic E-state index is 0.0545. The number of rotatable bonds is 3. The molecule has 0 fully saturated rings. The van der Waals surface area contributed by atoms with Gasteiger partial charge in [0, 0.05) is 12.2 Å². The highest BCUT2D eigenvalue weighted by molar-refractivity contribution is 7.07. The summed E-state index contributed by atoms with van der Waals surface area (Å²) in [5, 5.41) is 8.54. The predicted octanol–water partition coefficient (Wildman–Crippen LogP) is 2.19. The van der Waals surface area contributed by atoms with Crippen molar-refractivity contribution in [2.45, 2.75) is 25.9 Å². The van der Waals surface area contributed by atoms with Crippen LogP contribution in [-0.2, 0) is 0 Å². The molecule has 15 heavy (non-hydrogen) atoms. The van der Waals surface area contributed by atoms with Gasteiger partial charge >= 0.3 is 0 Å². The Bertz CT molecular complexity index is 417. The first-order valence-corrected chi connectivity index (χ1v) is 5.91. The van der Waals surface area contributed by atoms with Gasteiger partial charge in [0.2, 0.25) is 0 Å². The third-order valence-corrected chi connectivity index (χ3v) is 3.10. The van der Waals surface area contributed by atoms with Crippen LogP contribution in [0.15, 0.2) is 29.2 Å². The molecule has 2 rings (SSSR count). The van der Waals surface area contributed by atoms with Gasteiger partial charge in [0.25, 0.3) is 0 Å². The van der Waals surface area contributed by atoms with E-state index in [9.17, 15) is 0 Å². The first kappa shape index (κ1) is 10.4. The van der Waals surface area contributed by atoms with Crippen molar-refractivity contribution in [3.05, 3.63) is 40.3 Å². The highest BCUT2D eigenvalue weighted by Gasteiger charge is 2.19. The zero-order valence-corrected chi connectivity index (χ0v) is 9.74. The molecule has 2 N–H and O–H groups in total. The summed E-state index contributed by atoms with van der Waals surface area (Å²) in [5.74, 6) is 0. The van der Waals surface area contributed by atoms with E-state index in [1.807, 2.05) is 30.9 Å². The molecule has 0 aromatic carbocycles. The fourth-order valence-electron chi connectivity index (χ4n) is 1.73. The molecule has 0 saturated heterocycles. The van der Waals surface area contributed by atoms with E-state index < -0.39 is 0 Å². The average Bonchev–Trinajstić information content (AvgIpc) is 2.77. The van der Waals surface area contributed by atoms with Crippen LogP contribution in [0.4, 0.5) is 0 Å². The summed E-state index contributed by atoms with van der Waals surface area (Å²) in [7, 11) is 0. The molecule has 2 heterocycles. The summed E-state index contributed by atoms with van der Waals surface area (Å²) < 4.78 is 1.95. The van der Waals surface area contributed by atoms with E-state index in [0.29, 0.717) is 0 Å². The second-order valence-electron chi connectivity index (χ2n) is 3.86. The van der Waals surface area contributed by atoms with Crippen molar-refractivity contribution < 1.29 is 0 Å². The van der Waals surface area contributed by atoms with Crippen LogP contribution in [0.3, 0.4) is 0 Å². The van der Waals surface area contributed by atoms with Gasteiger partial charge in [-0.05, 0) is 41.8 Å². The monoisotopic (exact) mass is 221 g/mol. The highest BCUT2D eigenvalue weighted by Crippen LogP contribution is 2.22. The van der Waals surface area contributed by atoms with Gasteiger partial charge in [0.1, 0.15) is 0 Å². The molecule has 0 radical (unpaired) electrons. The first-order chi connectivity index (χ1) is 7.18. The highest BCUT2D eigenvalue weighted by atomic mass is 32.1. The zero-order valence-electron chi connectivity index (χ0n) is 8.92. The Morgan fingerprint density at radius 1 is 1.53 bits per heavy atom. The standard InChI is InChI=1S/C11H15N3S/c1-8-5-13-14(6-8)11(9(2)12)10-3-4-15-7-10/h3-7,9,11H,12H2,1-2H3. The van der Waals surface area contributed by atoms with Gasteiger partial charge < -0.3 is 5.73 Å². The quantitative estimate of drug-likeness (QED) is 0.863. The van der Waals surface area contributed by atoms with Crippen molar-refractivity contribution in [3.8, 4) is 0 Å². The second kappa shape index (κ2) is 4.16. The third kappa shape index (κ3) is 2.11. The smallest absolute Gasteiger partial charge is 0.0924 e. The number of hydrogen-bond acceptors (Lipinski definition) is 3. The fourth-order valence-corrected chi connectivity index (χ4v) is 2.42. The van der Waals surface area contributed by atoms with Crippen LogP contribution in [-0.4, -0.2) is 15.8 Å². The molecule has 0 bridgehead atoms. The molecule has 2 unspecified atom stereocenters. The lowest BCUT2D eigenvalue weighted by molar-refractivity contribution is 0.455. The summed E-state index contributed by atoms with van der Waals surface area (Å²) >= 11 is 1.69. The van der Waals surface area contributed by atoms with Crippen molar-refractivity contribution in [2.75, 3.05) is 0 Å². The van der Waals surface area contributed by atoms with Crippen LogP contribution in [0.2, 0.25) is 0 Å². The minimum atomic E-state index is 0.0545. The molecule has 2 aromatic rings. The lowest BCUT2D eigenvalue weighted by Gasteiger charge is -2.20. The molecule has 0 aliphatic carbocycles. The van der Waals surface area contributed by atoms with Crippen molar-refractivity contribution in [2.24, 2.45) is 5.73 Å². The summed E-state index contributed by atoms with van der Waals surface area (Å²) in [6.45, 7) is 4.05. The summed E-state index contributed by atoms with van der Waals surface area (Å²) in [4.78, 5) is 0. The number of aryl methyl sites for hydroxylation is 1. The predicted molar refractivity (Wildman–Crippen MR) is 63.1 cm³/mol. The molecule has 0 saturated carbocycles. The first-order valence-electron chi connectivity index (χ1n) is 4.97. The van der Waals surface area contributed by atoms with Crippen molar-refractivity contribution in [1.29, 1.82) is 0 Å². The van der Waals surface area contributed by atoms with Gasteiger partial charge in [-0.25, -0.2) is 0 Å². The molecule has 0 aliphatic rings. The molecule has 2 aromatic heterocycles. The molecule has 80 valence electrons. The van der Waals surface area contributed by atoms with Gasteiger partial charge in [-0.1, -0.05) is 0 Å². The van der Waals surface area contributed by atoms with E-state index in [4.69, 9.17) is 5.73 Å². The summed E-state index contributed by atoms with van der Waals surface area (Å²) in [6.07, 6.45) is 3.90. The Morgan fingerprint density at radius 3 is 2.80 bits per heavy atom. The number of thiophene rings is 1. The minimum Gasteiger partial charge on any atom is -0.326 e. The molecule has 3 nitrogen and oxygen atoms in total. The van der Waals surface area contributed by atoms with Gasteiger partial charge in [-0.2, -0.15) is 16.4 Å². The van der Waals surface area contributed by atoms with E-state index in [1.54, 1.807) is 11.3 Å². The average molecular weight is 221 g/mol. The Hall–Kier alpha value is -1.13. The van der Waals surface area contributed by atoms with Crippen LogP contribution in [0.25, 0.3) is 0 Å². The van der Waals surface area contributed by atoms with Gasteiger partial charge in [-0.15, -0.1) is 0 Å². The summed E-state index contributed by atoms with van der Waals surface area (Å²) in [5.41, 5.74) is 8.41. The van der Waals surface area contributed by atoms with E-state index in [1.165, 1.54) is 5.56 Å². The molecule has 4 heteroatoms. The topological polar surface area (TPSA) is 43.8 Å². The number of nitrogens with zero attached hydrogens (tertiary/aromatic N) is 2. The molecule has 2 atom stereocenters. The normalized spacial score (nSPS) is 15.1. The summed E-state index contributed by atoms with van der Waals surface area (Å²) in [6, 6.07) is 2.30. The Morgan fingerprint density at radius 2 is 2.33 bits per heavy atom.